The quantitative estimate of drug-likeness (QED) is 0.384. The minimum atomic E-state index is -1.35. The van der Waals surface area contributed by atoms with E-state index in [1.807, 2.05) is 19.1 Å². The highest BCUT2D eigenvalue weighted by molar-refractivity contribution is 7.99. The van der Waals surface area contributed by atoms with Gasteiger partial charge >= 0.3 is 5.97 Å². The van der Waals surface area contributed by atoms with Crippen LogP contribution in [0.25, 0.3) is 0 Å². The van der Waals surface area contributed by atoms with Crippen LogP contribution in [0.4, 0.5) is 5.69 Å². The molecule has 0 saturated heterocycles. The molecule has 2 atom stereocenters. The van der Waals surface area contributed by atoms with Gasteiger partial charge in [-0.15, -0.1) is 11.8 Å². The van der Waals surface area contributed by atoms with Crippen molar-refractivity contribution < 1.29 is 24.1 Å². The van der Waals surface area contributed by atoms with E-state index in [1.165, 1.54) is 11.8 Å². The van der Waals surface area contributed by atoms with Gasteiger partial charge in [-0.3, -0.25) is 0 Å². The van der Waals surface area contributed by atoms with E-state index in [0.717, 1.165) is 5.56 Å². The summed E-state index contributed by atoms with van der Waals surface area (Å²) in [5, 5.41) is 10.0. The molecule has 0 aliphatic carbocycles. The topological polar surface area (TPSA) is 91.0 Å². The molecule has 0 aromatic heterocycles. The SMILES string of the molecule is CCOC(=O)[C@H](O)[C@@H](Sc1cc(OCC)ccc1N)c1ccc(OC)cc1. The van der Waals surface area contributed by atoms with Gasteiger partial charge in [0.2, 0.25) is 0 Å². The summed E-state index contributed by atoms with van der Waals surface area (Å²) in [5.41, 5.74) is 7.39. The number of carbonyl (C=O) groups excluding carboxylic acids is 1. The number of esters is 1. The second-order valence-corrected chi connectivity index (χ2v) is 6.82. The van der Waals surface area contributed by atoms with Gasteiger partial charge in [0.1, 0.15) is 11.5 Å². The molecule has 0 aliphatic rings. The fourth-order valence-corrected chi connectivity index (χ4v) is 3.66. The second-order valence-electron chi connectivity index (χ2n) is 5.64. The molecule has 0 bridgehead atoms. The third kappa shape index (κ3) is 5.55. The number of aliphatic hydroxyl groups is 1. The molecular formula is C20H25NO5S. The molecule has 3 N–H and O–H groups in total. The number of aliphatic hydroxyl groups excluding tert-OH is 1. The Kier molecular flexibility index (Phi) is 7.82. The number of benzene rings is 2. The number of methoxy groups -OCH3 is 1. The van der Waals surface area contributed by atoms with Crippen LogP contribution in [0.2, 0.25) is 0 Å². The molecule has 7 heteroatoms. The molecule has 2 aromatic carbocycles. The zero-order chi connectivity index (χ0) is 19.8. The Bertz CT molecular complexity index is 751. The third-order valence-electron chi connectivity index (χ3n) is 3.81. The zero-order valence-electron chi connectivity index (χ0n) is 15.7. The third-order valence-corrected chi connectivity index (χ3v) is 5.20. The predicted molar refractivity (Wildman–Crippen MR) is 106 cm³/mol. The van der Waals surface area contributed by atoms with Crippen molar-refractivity contribution >= 4 is 23.4 Å². The molecule has 2 rings (SSSR count). The molecule has 0 heterocycles. The Labute approximate surface area is 163 Å². The van der Waals surface area contributed by atoms with Crippen LogP contribution in [0.15, 0.2) is 47.4 Å². The van der Waals surface area contributed by atoms with Crippen molar-refractivity contribution in [1.29, 1.82) is 0 Å². The summed E-state index contributed by atoms with van der Waals surface area (Å²) < 4.78 is 15.7. The first-order valence-electron chi connectivity index (χ1n) is 8.67. The van der Waals surface area contributed by atoms with Crippen LogP contribution in [-0.2, 0) is 9.53 Å². The summed E-state index contributed by atoms with van der Waals surface area (Å²) in [6.45, 7) is 4.32. The van der Waals surface area contributed by atoms with E-state index in [0.29, 0.717) is 28.7 Å². The highest BCUT2D eigenvalue weighted by Crippen LogP contribution is 2.42. The largest absolute Gasteiger partial charge is 0.497 e. The Morgan fingerprint density at radius 2 is 1.78 bits per heavy atom. The standard InChI is InChI=1S/C20H25NO5S/c1-4-25-15-10-11-16(21)17(12-15)27-19(18(22)20(23)26-5-2)13-6-8-14(24-3)9-7-13/h6-12,18-19,22H,4-5,21H2,1-3H3/t18-,19+/m1/s1. The molecule has 0 saturated carbocycles. The Morgan fingerprint density at radius 3 is 2.37 bits per heavy atom. The maximum Gasteiger partial charge on any atom is 0.336 e. The van der Waals surface area contributed by atoms with Crippen molar-refractivity contribution in [3.63, 3.8) is 0 Å². The number of carbonyl (C=O) groups is 1. The van der Waals surface area contributed by atoms with E-state index < -0.39 is 17.3 Å². The summed E-state index contributed by atoms with van der Waals surface area (Å²) >= 11 is 1.29. The van der Waals surface area contributed by atoms with Crippen molar-refractivity contribution in [3.8, 4) is 11.5 Å². The van der Waals surface area contributed by atoms with Crippen molar-refractivity contribution in [2.24, 2.45) is 0 Å². The first-order valence-corrected chi connectivity index (χ1v) is 9.55. The molecule has 0 radical (unpaired) electrons. The lowest BCUT2D eigenvalue weighted by molar-refractivity contribution is -0.153. The number of nitrogens with two attached hydrogens (primary N) is 1. The van der Waals surface area contributed by atoms with E-state index in [1.54, 1.807) is 44.4 Å². The number of hydrogen-bond acceptors (Lipinski definition) is 7. The average molecular weight is 391 g/mol. The van der Waals surface area contributed by atoms with Gasteiger partial charge < -0.3 is 25.1 Å². The molecule has 2 aromatic rings. The van der Waals surface area contributed by atoms with Crippen LogP contribution >= 0.6 is 11.8 Å². The van der Waals surface area contributed by atoms with E-state index in [4.69, 9.17) is 19.9 Å². The minimum Gasteiger partial charge on any atom is -0.497 e. The van der Waals surface area contributed by atoms with E-state index in [2.05, 4.69) is 0 Å². The maximum atomic E-state index is 12.2. The summed E-state index contributed by atoms with van der Waals surface area (Å²) in [6.07, 6.45) is -1.35. The van der Waals surface area contributed by atoms with Crippen LogP contribution in [-0.4, -0.2) is 37.5 Å². The minimum absolute atomic E-state index is 0.192. The Balaban J connectivity index is 2.36. The molecule has 0 aliphatic heterocycles. The number of hydrogen-bond donors (Lipinski definition) is 2. The lowest BCUT2D eigenvalue weighted by Gasteiger charge is -2.23. The van der Waals surface area contributed by atoms with Gasteiger partial charge in [-0.1, -0.05) is 12.1 Å². The lowest BCUT2D eigenvalue weighted by Crippen LogP contribution is -2.28. The molecule has 6 nitrogen and oxygen atoms in total. The van der Waals surface area contributed by atoms with Gasteiger partial charge in [-0.2, -0.15) is 0 Å². The predicted octanol–water partition coefficient (Wildman–Crippen LogP) is 3.43. The van der Waals surface area contributed by atoms with Gasteiger partial charge in [-0.25, -0.2) is 4.79 Å². The first-order chi connectivity index (χ1) is 13.0. The first kappa shape index (κ1) is 20.9. The Morgan fingerprint density at radius 1 is 1.11 bits per heavy atom. The molecule has 27 heavy (non-hydrogen) atoms. The van der Waals surface area contributed by atoms with Crippen molar-refractivity contribution in [2.75, 3.05) is 26.1 Å². The van der Waals surface area contributed by atoms with Gasteiger partial charge in [0.25, 0.3) is 0 Å². The Hall–Kier alpha value is -2.38. The smallest absolute Gasteiger partial charge is 0.336 e. The van der Waals surface area contributed by atoms with Crippen LogP contribution in [0, 0.1) is 0 Å². The van der Waals surface area contributed by atoms with Gasteiger partial charge in [0.05, 0.1) is 25.6 Å². The summed E-state index contributed by atoms with van der Waals surface area (Å²) in [4.78, 5) is 12.9. The maximum absolute atomic E-state index is 12.2. The van der Waals surface area contributed by atoms with Crippen LogP contribution in [0.3, 0.4) is 0 Å². The number of thioether (sulfide) groups is 1. The second kappa shape index (κ2) is 10.1. The molecule has 146 valence electrons. The zero-order valence-corrected chi connectivity index (χ0v) is 16.5. The average Bonchev–Trinajstić information content (AvgIpc) is 2.68. The highest BCUT2D eigenvalue weighted by atomic mass is 32.2. The number of ether oxygens (including phenoxy) is 3. The van der Waals surface area contributed by atoms with Crippen molar-refractivity contribution in [2.45, 2.75) is 30.1 Å². The summed E-state index contributed by atoms with van der Waals surface area (Å²) in [7, 11) is 1.58. The van der Waals surface area contributed by atoms with Crippen LogP contribution in [0.1, 0.15) is 24.7 Å². The lowest BCUT2D eigenvalue weighted by atomic mass is 10.1. The fourth-order valence-electron chi connectivity index (χ4n) is 2.47. The molecule has 0 amide bonds. The highest BCUT2D eigenvalue weighted by Gasteiger charge is 2.30. The fraction of sp³-hybridized carbons (Fsp3) is 0.350. The molecule has 0 unspecified atom stereocenters. The van der Waals surface area contributed by atoms with Gasteiger partial charge in [0.15, 0.2) is 6.10 Å². The normalized spacial score (nSPS) is 12.9. The van der Waals surface area contributed by atoms with Crippen molar-refractivity contribution in [1.82, 2.24) is 0 Å². The molecule has 0 spiro atoms. The molecule has 0 fully saturated rings. The van der Waals surface area contributed by atoms with E-state index in [9.17, 15) is 9.90 Å². The van der Waals surface area contributed by atoms with Gasteiger partial charge in [0, 0.05) is 10.6 Å². The monoisotopic (exact) mass is 391 g/mol. The molecular weight excluding hydrogens is 366 g/mol. The number of anilines is 1. The van der Waals surface area contributed by atoms with Crippen LogP contribution in [0.5, 0.6) is 11.5 Å². The number of rotatable bonds is 9. The van der Waals surface area contributed by atoms with Gasteiger partial charge in [-0.05, 0) is 49.7 Å². The summed E-state index contributed by atoms with van der Waals surface area (Å²) in [6, 6.07) is 12.5. The number of nitrogen functional groups attached to an aromatic ring is 1. The summed E-state index contributed by atoms with van der Waals surface area (Å²) in [5.74, 6) is 0.685. The van der Waals surface area contributed by atoms with Crippen LogP contribution < -0.4 is 15.2 Å². The van der Waals surface area contributed by atoms with Crippen molar-refractivity contribution in [3.05, 3.63) is 48.0 Å². The van der Waals surface area contributed by atoms with E-state index in [-0.39, 0.29) is 6.61 Å². The van der Waals surface area contributed by atoms with E-state index >= 15 is 0 Å².